The predicted octanol–water partition coefficient (Wildman–Crippen LogP) is 2.63. The van der Waals surface area contributed by atoms with E-state index in [0.717, 1.165) is 29.0 Å². The van der Waals surface area contributed by atoms with Crippen LogP contribution >= 0.6 is 15.9 Å². The summed E-state index contributed by atoms with van der Waals surface area (Å²) >= 11 is 3.53. The summed E-state index contributed by atoms with van der Waals surface area (Å²) in [4.78, 5) is 13.4. The van der Waals surface area contributed by atoms with Crippen LogP contribution in [0.5, 0.6) is 5.75 Å². The molecule has 1 aliphatic heterocycles. The van der Waals surface area contributed by atoms with Crippen molar-refractivity contribution in [2.24, 2.45) is 0 Å². The highest BCUT2D eigenvalue weighted by molar-refractivity contribution is 9.10. The average molecular weight is 284 g/mol. The first-order valence-electron chi connectivity index (χ1n) is 5.31. The highest BCUT2D eigenvalue weighted by Crippen LogP contribution is 2.31. The number of benzene rings is 1. The summed E-state index contributed by atoms with van der Waals surface area (Å²) in [5.74, 6) is 1.20. The fourth-order valence-corrected chi connectivity index (χ4v) is 2.36. The Morgan fingerprint density at radius 1 is 1.31 bits per heavy atom. The van der Waals surface area contributed by atoms with Gasteiger partial charge in [-0.25, -0.2) is 0 Å². The van der Waals surface area contributed by atoms with Crippen LogP contribution in [0.2, 0.25) is 0 Å². The lowest BCUT2D eigenvalue weighted by molar-refractivity contribution is -0.119. The van der Waals surface area contributed by atoms with E-state index >= 15 is 0 Å². The van der Waals surface area contributed by atoms with Gasteiger partial charge in [-0.1, -0.05) is 0 Å². The Hall–Kier alpha value is -1.03. The van der Waals surface area contributed by atoms with Crippen molar-refractivity contribution >= 4 is 27.4 Å². The van der Waals surface area contributed by atoms with E-state index in [-0.39, 0.29) is 0 Å². The van der Waals surface area contributed by atoms with Crippen LogP contribution in [-0.2, 0) is 4.79 Å². The smallest absolute Gasteiger partial charge is 0.136 e. The van der Waals surface area contributed by atoms with Crippen LogP contribution in [-0.4, -0.2) is 26.0 Å². The van der Waals surface area contributed by atoms with Crippen LogP contribution in [0, 0.1) is 0 Å². The molecule has 1 aliphatic rings. The van der Waals surface area contributed by atoms with E-state index in [0.29, 0.717) is 18.6 Å². The van der Waals surface area contributed by atoms with E-state index in [9.17, 15) is 4.79 Å². The van der Waals surface area contributed by atoms with Gasteiger partial charge in [0.1, 0.15) is 11.5 Å². The molecule has 0 aromatic heterocycles. The minimum absolute atomic E-state index is 0.357. The van der Waals surface area contributed by atoms with Crippen molar-refractivity contribution in [3.05, 3.63) is 22.7 Å². The van der Waals surface area contributed by atoms with Gasteiger partial charge in [-0.2, -0.15) is 0 Å². The number of hydrogen-bond donors (Lipinski definition) is 0. The van der Waals surface area contributed by atoms with Crippen molar-refractivity contribution in [3.8, 4) is 5.75 Å². The number of Topliss-reactive ketones (excluding diaryl/α,β-unsaturated/α-hetero) is 1. The number of nitrogens with zero attached hydrogens (tertiary/aromatic N) is 1. The first-order chi connectivity index (χ1) is 7.70. The minimum atomic E-state index is 0.357. The molecule has 0 amide bonds. The van der Waals surface area contributed by atoms with Crippen LogP contribution in [0.4, 0.5) is 5.69 Å². The van der Waals surface area contributed by atoms with Crippen LogP contribution in [0.1, 0.15) is 12.8 Å². The number of anilines is 1. The highest BCUT2D eigenvalue weighted by atomic mass is 79.9. The molecule has 0 atom stereocenters. The maximum Gasteiger partial charge on any atom is 0.136 e. The molecule has 2 rings (SSSR count). The number of rotatable bonds is 2. The third-order valence-corrected chi connectivity index (χ3v) is 3.49. The van der Waals surface area contributed by atoms with Gasteiger partial charge in [0.2, 0.25) is 0 Å². The van der Waals surface area contributed by atoms with Gasteiger partial charge in [0.05, 0.1) is 12.8 Å². The molecular formula is C12H14BrNO2. The number of hydrogen-bond acceptors (Lipinski definition) is 3. The molecule has 0 aliphatic carbocycles. The molecule has 0 radical (unpaired) electrons. The van der Waals surface area contributed by atoms with Gasteiger partial charge in [-0.05, 0) is 28.1 Å². The SMILES string of the molecule is COc1ccc(Br)c(N2CCC(=O)CC2)c1. The van der Waals surface area contributed by atoms with Crippen LogP contribution in [0.15, 0.2) is 22.7 Å². The van der Waals surface area contributed by atoms with E-state index < -0.39 is 0 Å². The summed E-state index contributed by atoms with van der Waals surface area (Å²) in [5, 5.41) is 0. The average Bonchev–Trinajstić information content (AvgIpc) is 2.31. The van der Waals surface area contributed by atoms with Gasteiger partial charge in [0, 0.05) is 36.5 Å². The lowest BCUT2D eigenvalue weighted by Gasteiger charge is -2.29. The number of halogens is 1. The van der Waals surface area contributed by atoms with E-state index in [2.05, 4.69) is 20.8 Å². The fraction of sp³-hybridized carbons (Fsp3) is 0.417. The molecule has 0 saturated carbocycles. The first-order valence-corrected chi connectivity index (χ1v) is 6.10. The molecule has 3 nitrogen and oxygen atoms in total. The Balaban J connectivity index is 2.22. The van der Waals surface area contributed by atoms with Gasteiger partial charge in [0.25, 0.3) is 0 Å². The molecule has 16 heavy (non-hydrogen) atoms. The Labute approximate surface area is 104 Å². The quantitative estimate of drug-likeness (QED) is 0.836. The number of piperidine rings is 1. The van der Waals surface area contributed by atoms with E-state index in [1.54, 1.807) is 7.11 Å². The maximum absolute atomic E-state index is 11.2. The van der Waals surface area contributed by atoms with Gasteiger partial charge in [-0.3, -0.25) is 4.79 Å². The van der Waals surface area contributed by atoms with Crippen molar-refractivity contribution in [1.82, 2.24) is 0 Å². The second-order valence-corrected chi connectivity index (χ2v) is 4.70. The Bertz CT molecular complexity index is 396. The van der Waals surface area contributed by atoms with Gasteiger partial charge >= 0.3 is 0 Å². The van der Waals surface area contributed by atoms with Crippen molar-refractivity contribution in [1.29, 1.82) is 0 Å². The monoisotopic (exact) mass is 283 g/mol. The molecule has 86 valence electrons. The lowest BCUT2D eigenvalue weighted by Crippen LogP contribution is -2.33. The number of carbonyl (C=O) groups is 1. The van der Waals surface area contributed by atoms with Crippen LogP contribution < -0.4 is 9.64 Å². The molecule has 1 aromatic carbocycles. The zero-order valence-corrected chi connectivity index (χ0v) is 10.8. The molecule has 0 spiro atoms. The molecule has 1 aromatic rings. The number of methoxy groups -OCH3 is 1. The second-order valence-electron chi connectivity index (χ2n) is 3.84. The van der Waals surface area contributed by atoms with Gasteiger partial charge in [0.15, 0.2) is 0 Å². The minimum Gasteiger partial charge on any atom is -0.497 e. The highest BCUT2D eigenvalue weighted by Gasteiger charge is 2.18. The van der Waals surface area contributed by atoms with Gasteiger partial charge < -0.3 is 9.64 Å². The third kappa shape index (κ3) is 2.38. The number of ether oxygens (including phenoxy) is 1. The molecule has 1 fully saturated rings. The Morgan fingerprint density at radius 2 is 2.00 bits per heavy atom. The summed E-state index contributed by atoms with van der Waals surface area (Å²) in [6, 6.07) is 5.90. The fourth-order valence-electron chi connectivity index (χ4n) is 1.86. The van der Waals surface area contributed by atoms with Crippen molar-refractivity contribution in [2.45, 2.75) is 12.8 Å². The third-order valence-electron chi connectivity index (χ3n) is 2.82. The van der Waals surface area contributed by atoms with Crippen LogP contribution in [0.3, 0.4) is 0 Å². The molecule has 0 unspecified atom stereocenters. The maximum atomic E-state index is 11.2. The zero-order chi connectivity index (χ0) is 11.5. The topological polar surface area (TPSA) is 29.5 Å². The second kappa shape index (κ2) is 4.87. The molecule has 4 heteroatoms. The molecule has 0 bridgehead atoms. The standard InChI is InChI=1S/C12H14BrNO2/c1-16-10-2-3-11(13)12(8-10)14-6-4-9(15)5-7-14/h2-3,8H,4-7H2,1H3. The summed E-state index contributed by atoms with van der Waals surface area (Å²) in [6.45, 7) is 1.59. The summed E-state index contributed by atoms with van der Waals surface area (Å²) in [7, 11) is 1.66. The largest absolute Gasteiger partial charge is 0.497 e. The molecule has 1 saturated heterocycles. The zero-order valence-electron chi connectivity index (χ0n) is 9.20. The normalized spacial score (nSPS) is 16.4. The lowest BCUT2D eigenvalue weighted by atomic mass is 10.1. The summed E-state index contributed by atoms with van der Waals surface area (Å²) in [6.07, 6.45) is 1.29. The van der Waals surface area contributed by atoms with Crippen molar-refractivity contribution < 1.29 is 9.53 Å². The summed E-state index contributed by atoms with van der Waals surface area (Å²) < 4.78 is 6.25. The van der Waals surface area contributed by atoms with E-state index in [4.69, 9.17) is 4.74 Å². The van der Waals surface area contributed by atoms with Crippen molar-refractivity contribution in [2.75, 3.05) is 25.1 Å². The Kier molecular flexibility index (Phi) is 3.49. The van der Waals surface area contributed by atoms with Gasteiger partial charge in [-0.15, -0.1) is 0 Å². The van der Waals surface area contributed by atoms with E-state index in [1.807, 2.05) is 18.2 Å². The molecule has 1 heterocycles. The Morgan fingerprint density at radius 3 is 2.62 bits per heavy atom. The van der Waals surface area contributed by atoms with E-state index in [1.165, 1.54) is 0 Å². The molecule has 0 N–H and O–H groups in total. The van der Waals surface area contributed by atoms with Crippen molar-refractivity contribution in [3.63, 3.8) is 0 Å². The number of carbonyl (C=O) groups excluding carboxylic acids is 1. The predicted molar refractivity (Wildman–Crippen MR) is 67.1 cm³/mol. The first kappa shape index (κ1) is 11.5. The molecular weight excluding hydrogens is 270 g/mol. The summed E-state index contributed by atoms with van der Waals surface area (Å²) in [5.41, 5.74) is 1.10. The number of ketones is 1. The van der Waals surface area contributed by atoms with Crippen LogP contribution in [0.25, 0.3) is 0 Å².